The molecule has 2 aromatic heterocycles. The van der Waals surface area contributed by atoms with Crippen LogP contribution in [0.3, 0.4) is 0 Å². The summed E-state index contributed by atoms with van der Waals surface area (Å²) in [5.41, 5.74) is 12.8. The number of rotatable bonds is 6. The lowest BCUT2D eigenvalue weighted by atomic mass is 9.93. The fourth-order valence-electron chi connectivity index (χ4n) is 2.74. The molecule has 0 amide bonds. The Kier molecular flexibility index (Phi) is 5.39. The second-order valence-electron chi connectivity index (χ2n) is 6.91. The lowest BCUT2D eigenvalue weighted by molar-refractivity contribution is 0.204. The molecule has 2 aromatic rings. The van der Waals surface area contributed by atoms with Gasteiger partial charge in [0.25, 0.3) is 0 Å². The molecule has 5 nitrogen and oxygen atoms in total. The standard InChI is InChI=1S/C18H25FN4O/c1-11(2)9-18(4,21)10-24-15-8-14(19)17(23-12(15)3)13-5-6-22-16(20)7-13/h5-8,11H,9-10,21H2,1-4H3,(H2,20,22). The molecule has 0 radical (unpaired) electrons. The van der Waals surface area contributed by atoms with Gasteiger partial charge in [-0.1, -0.05) is 13.8 Å². The molecular formula is C18H25FN4O. The first-order chi connectivity index (χ1) is 11.2. The lowest BCUT2D eigenvalue weighted by Crippen LogP contribution is -2.43. The van der Waals surface area contributed by atoms with Crippen LogP contribution in [0.15, 0.2) is 24.4 Å². The van der Waals surface area contributed by atoms with E-state index in [2.05, 4.69) is 23.8 Å². The Labute approximate surface area is 142 Å². The van der Waals surface area contributed by atoms with Gasteiger partial charge in [0.05, 0.1) is 5.69 Å². The van der Waals surface area contributed by atoms with Crippen molar-refractivity contribution in [3.8, 4) is 17.0 Å². The average Bonchev–Trinajstić information content (AvgIpc) is 2.46. The highest BCUT2D eigenvalue weighted by molar-refractivity contribution is 5.63. The molecule has 1 atom stereocenters. The predicted molar refractivity (Wildman–Crippen MR) is 94.1 cm³/mol. The molecule has 4 N–H and O–H groups in total. The summed E-state index contributed by atoms with van der Waals surface area (Å²) in [6.45, 7) is 8.22. The van der Waals surface area contributed by atoms with Gasteiger partial charge in [-0.05, 0) is 38.3 Å². The van der Waals surface area contributed by atoms with Crippen LogP contribution in [0.4, 0.5) is 10.2 Å². The van der Waals surface area contributed by atoms with Crippen molar-refractivity contribution >= 4 is 5.82 Å². The number of hydrogen-bond acceptors (Lipinski definition) is 5. The Morgan fingerprint density at radius 1 is 1.33 bits per heavy atom. The fraction of sp³-hybridized carbons (Fsp3) is 0.444. The number of aryl methyl sites for hydroxylation is 1. The molecule has 0 aromatic carbocycles. The molecule has 0 saturated heterocycles. The zero-order valence-corrected chi connectivity index (χ0v) is 14.6. The van der Waals surface area contributed by atoms with E-state index in [9.17, 15) is 4.39 Å². The number of pyridine rings is 2. The zero-order valence-electron chi connectivity index (χ0n) is 14.6. The molecule has 0 spiro atoms. The smallest absolute Gasteiger partial charge is 0.153 e. The fourth-order valence-corrected chi connectivity index (χ4v) is 2.74. The van der Waals surface area contributed by atoms with Gasteiger partial charge in [0, 0.05) is 23.4 Å². The van der Waals surface area contributed by atoms with Gasteiger partial charge in [0.2, 0.25) is 0 Å². The summed E-state index contributed by atoms with van der Waals surface area (Å²) in [4.78, 5) is 8.23. The Bertz CT molecular complexity index is 716. The van der Waals surface area contributed by atoms with Crippen molar-refractivity contribution in [2.45, 2.75) is 39.7 Å². The molecule has 0 saturated carbocycles. The molecule has 130 valence electrons. The van der Waals surface area contributed by atoms with Crippen LogP contribution in [-0.2, 0) is 0 Å². The maximum Gasteiger partial charge on any atom is 0.153 e. The van der Waals surface area contributed by atoms with Crippen LogP contribution in [0.5, 0.6) is 5.75 Å². The van der Waals surface area contributed by atoms with E-state index in [1.165, 1.54) is 12.3 Å². The second kappa shape index (κ2) is 7.13. The predicted octanol–water partition coefficient (Wildman–Crippen LogP) is 3.32. The number of hydrogen-bond donors (Lipinski definition) is 2. The van der Waals surface area contributed by atoms with Gasteiger partial charge < -0.3 is 16.2 Å². The van der Waals surface area contributed by atoms with E-state index < -0.39 is 11.4 Å². The van der Waals surface area contributed by atoms with Crippen LogP contribution in [0, 0.1) is 18.7 Å². The maximum atomic E-state index is 14.4. The van der Waals surface area contributed by atoms with Gasteiger partial charge in [0.1, 0.15) is 23.9 Å². The van der Waals surface area contributed by atoms with Crippen LogP contribution >= 0.6 is 0 Å². The normalized spacial score (nSPS) is 13.8. The van der Waals surface area contributed by atoms with Crippen LogP contribution < -0.4 is 16.2 Å². The first-order valence-electron chi connectivity index (χ1n) is 7.98. The lowest BCUT2D eigenvalue weighted by Gasteiger charge is -2.27. The zero-order chi connectivity index (χ0) is 17.9. The van der Waals surface area contributed by atoms with Crippen molar-refractivity contribution in [1.29, 1.82) is 0 Å². The van der Waals surface area contributed by atoms with Gasteiger partial charge in [-0.3, -0.25) is 0 Å². The molecule has 0 fully saturated rings. The van der Waals surface area contributed by atoms with E-state index in [-0.39, 0.29) is 5.69 Å². The maximum absolute atomic E-state index is 14.4. The minimum atomic E-state index is -0.477. The Morgan fingerprint density at radius 3 is 2.67 bits per heavy atom. The number of anilines is 1. The summed E-state index contributed by atoms with van der Waals surface area (Å²) in [5, 5.41) is 0. The number of nitrogens with two attached hydrogens (primary N) is 2. The van der Waals surface area contributed by atoms with Crippen molar-refractivity contribution in [1.82, 2.24) is 9.97 Å². The second-order valence-corrected chi connectivity index (χ2v) is 6.91. The van der Waals surface area contributed by atoms with E-state index in [1.54, 1.807) is 19.1 Å². The van der Waals surface area contributed by atoms with Crippen molar-refractivity contribution in [3.63, 3.8) is 0 Å². The number of nitrogens with zero attached hydrogens (tertiary/aromatic N) is 2. The van der Waals surface area contributed by atoms with Gasteiger partial charge in [-0.25, -0.2) is 14.4 Å². The van der Waals surface area contributed by atoms with Gasteiger partial charge in [-0.15, -0.1) is 0 Å². The third kappa shape index (κ3) is 4.64. The van der Waals surface area contributed by atoms with Crippen molar-refractivity contribution in [2.75, 3.05) is 12.3 Å². The number of ether oxygens (including phenoxy) is 1. The summed E-state index contributed by atoms with van der Waals surface area (Å²) in [6, 6.07) is 4.60. The first-order valence-corrected chi connectivity index (χ1v) is 7.98. The monoisotopic (exact) mass is 332 g/mol. The highest BCUT2D eigenvalue weighted by atomic mass is 19.1. The van der Waals surface area contributed by atoms with Crippen LogP contribution in [-0.4, -0.2) is 22.1 Å². The van der Waals surface area contributed by atoms with Crippen LogP contribution in [0.25, 0.3) is 11.3 Å². The molecule has 0 aliphatic heterocycles. The van der Waals surface area contributed by atoms with E-state index in [0.29, 0.717) is 35.3 Å². The highest BCUT2D eigenvalue weighted by Gasteiger charge is 2.22. The molecule has 0 aliphatic rings. The molecule has 24 heavy (non-hydrogen) atoms. The summed E-state index contributed by atoms with van der Waals surface area (Å²) < 4.78 is 20.2. The number of nitrogen functional groups attached to an aromatic ring is 1. The quantitative estimate of drug-likeness (QED) is 0.847. The summed E-state index contributed by atoms with van der Waals surface area (Å²) in [7, 11) is 0. The molecule has 6 heteroatoms. The molecular weight excluding hydrogens is 307 g/mol. The Hall–Kier alpha value is -2.21. The van der Waals surface area contributed by atoms with Crippen LogP contribution in [0.2, 0.25) is 0 Å². The van der Waals surface area contributed by atoms with E-state index in [0.717, 1.165) is 6.42 Å². The Morgan fingerprint density at radius 2 is 2.04 bits per heavy atom. The van der Waals surface area contributed by atoms with Crippen LogP contribution in [0.1, 0.15) is 32.9 Å². The molecule has 0 aliphatic carbocycles. The van der Waals surface area contributed by atoms with Crippen molar-refractivity contribution < 1.29 is 9.13 Å². The largest absolute Gasteiger partial charge is 0.490 e. The summed E-state index contributed by atoms with van der Waals surface area (Å²) >= 11 is 0. The van der Waals surface area contributed by atoms with Crippen molar-refractivity contribution in [3.05, 3.63) is 35.9 Å². The summed E-state index contributed by atoms with van der Waals surface area (Å²) in [5.74, 6) is 0.709. The van der Waals surface area contributed by atoms with Crippen molar-refractivity contribution in [2.24, 2.45) is 11.7 Å². The average molecular weight is 332 g/mol. The van der Waals surface area contributed by atoms with Gasteiger partial charge in [0.15, 0.2) is 5.82 Å². The SMILES string of the molecule is Cc1nc(-c2ccnc(N)c2)c(F)cc1OCC(C)(N)CC(C)C. The summed E-state index contributed by atoms with van der Waals surface area (Å²) in [6.07, 6.45) is 2.34. The number of aromatic nitrogens is 2. The van der Waals surface area contributed by atoms with Gasteiger partial charge in [-0.2, -0.15) is 0 Å². The first kappa shape index (κ1) is 18.1. The Balaban J connectivity index is 2.21. The van der Waals surface area contributed by atoms with Gasteiger partial charge >= 0.3 is 0 Å². The highest BCUT2D eigenvalue weighted by Crippen LogP contribution is 2.27. The minimum Gasteiger partial charge on any atom is -0.490 e. The third-order valence-electron chi connectivity index (χ3n) is 3.61. The van der Waals surface area contributed by atoms with E-state index in [1.807, 2.05) is 6.92 Å². The minimum absolute atomic E-state index is 0.228. The third-order valence-corrected chi connectivity index (χ3v) is 3.61. The van der Waals surface area contributed by atoms with E-state index in [4.69, 9.17) is 16.2 Å². The number of halogens is 1. The molecule has 2 rings (SSSR count). The topological polar surface area (TPSA) is 87.0 Å². The molecule has 2 heterocycles. The van der Waals surface area contributed by atoms with E-state index >= 15 is 0 Å². The molecule has 0 bridgehead atoms. The molecule has 1 unspecified atom stereocenters.